The summed E-state index contributed by atoms with van der Waals surface area (Å²) in [5.41, 5.74) is 2.74. The monoisotopic (exact) mass is 324 g/mol. The molecular formula is C13H13ClSn. The van der Waals surface area contributed by atoms with Gasteiger partial charge in [0.1, 0.15) is 0 Å². The molecule has 0 heterocycles. The zero-order valence-corrected chi connectivity index (χ0v) is 13.2. The van der Waals surface area contributed by atoms with E-state index in [4.69, 9.17) is 8.92 Å². The van der Waals surface area contributed by atoms with Crippen LogP contribution in [0.1, 0.15) is 15.1 Å². The Hall–Kier alpha value is -0.471. The molecule has 15 heavy (non-hydrogen) atoms. The third-order valence-electron chi connectivity index (χ3n) is 2.56. The summed E-state index contributed by atoms with van der Waals surface area (Å²) in [5, 5.41) is 0. The Morgan fingerprint density at radius 1 is 0.733 bits per heavy atom. The van der Waals surface area contributed by atoms with Gasteiger partial charge < -0.3 is 0 Å². The fourth-order valence-corrected chi connectivity index (χ4v) is 6.70. The van der Waals surface area contributed by atoms with Crippen molar-refractivity contribution in [1.82, 2.24) is 0 Å². The van der Waals surface area contributed by atoms with Crippen molar-refractivity contribution in [1.29, 1.82) is 0 Å². The maximum atomic E-state index is 6.25. The SMILES string of the molecule is [Cl][SnH2][CH](c1ccccc1)c1ccccc1. The molecule has 0 amide bonds. The van der Waals surface area contributed by atoms with E-state index in [1.165, 1.54) is 11.1 Å². The van der Waals surface area contributed by atoms with Gasteiger partial charge in [0.25, 0.3) is 0 Å². The first-order chi connectivity index (χ1) is 7.42. The first-order valence-electron chi connectivity index (χ1n) is 5.07. The minimum atomic E-state index is -1.22. The van der Waals surface area contributed by atoms with Crippen LogP contribution in [0.5, 0.6) is 0 Å². The Morgan fingerprint density at radius 2 is 1.13 bits per heavy atom. The quantitative estimate of drug-likeness (QED) is 0.762. The predicted octanol–water partition coefficient (Wildman–Crippen LogP) is 3.10. The minimum absolute atomic E-state index is 0.510. The number of hydrogen-bond acceptors (Lipinski definition) is 0. The molecule has 0 fully saturated rings. The molecule has 2 heteroatoms. The molecule has 0 radical (unpaired) electrons. The van der Waals surface area contributed by atoms with Crippen LogP contribution in [0.3, 0.4) is 0 Å². The number of benzene rings is 2. The zero-order chi connectivity index (χ0) is 10.5. The Morgan fingerprint density at radius 3 is 1.47 bits per heavy atom. The van der Waals surface area contributed by atoms with Crippen molar-refractivity contribution in [2.24, 2.45) is 0 Å². The summed E-state index contributed by atoms with van der Waals surface area (Å²) in [4.78, 5) is 0. The molecular weight excluding hydrogens is 310 g/mol. The van der Waals surface area contributed by atoms with Crippen LogP contribution < -0.4 is 0 Å². The summed E-state index contributed by atoms with van der Waals surface area (Å²) in [6, 6.07) is 21.2. The molecule has 0 aromatic heterocycles. The second kappa shape index (κ2) is 5.57. The molecule has 0 unspecified atom stereocenters. The van der Waals surface area contributed by atoms with Gasteiger partial charge >= 0.3 is 105 Å². The summed E-state index contributed by atoms with van der Waals surface area (Å²) < 4.78 is 0.510. The normalized spacial score (nSPS) is 11.3. The number of hydrogen-bond donors (Lipinski definition) is 0. The molecule has 2 aromatic carbocycles. The van der Waals surface area contributed by atoms with Crippen molar-refractivity contribution < 1.29 is 0 Å². The van der Waals surface area contributed by atoms with Crippen molar-refractivity contribution in [2.75, 3.05) is 0 Å². The molecule has 76 valence electrons. The van der Waals surface area contributed by atoms with Crippen molar-refractivity contribution >= 4 is 28.9 Å². The van der Waals surface area contributed by atoms with Gasteiger partial charge in [-0.2, -0.15) is 0 Å². The third kappa shape index (κ3) is 2.76. The third-order valence-corrected chi connectivity index (χ3v) is 8.20. The van der Waals surface area contributed by atoms with Crippen LogP contribution in [-0.2, 0) is 0 Å². The van der Waals surface area contributed by atoms with Gasteiger partial charge in [0.15, 0.2) is 0 Å². The average Bonchev–Trinajstić information content (AvgIpc) is 2.33. The van der Waals surface area contributed by atoms with Crippen molar-refractivity contribution in [2.45, 2.75) is 3.93 Å². The van der Waals surface area contributed by atoms with Crippen LogP contribution in [-0.4, -0.2) is 20.0 Å². The van der Waals surface area contributed by atoms with Crippen LogP contribution in [0.25, 0.3) is 0 Å². The molecule has 0 saturated heterocycles. The Kier molecular flexibility index (Phi) is 4.09. The van der Waals surface area contributed by atoms with Gasteiger partial charge in [0, 0.05) is 0 Å². The Bertz CT molecular complexity index is 360. The molecule has 0 aliphatic carbocycles. The molecule has 0 atom stereocenters. The Labute approximate surface area is 104 Å². The van der Waals surface area contributed by atoms with E-state index in [1.54, 1.807) is 0 Å². The van der Waals surface area contributed by atoms with Gasteiger partial charge in [-0.3, -0.25) is 0 Å². The summed E-state index contributed by atoms with van der Waals surface area (Å²) >= 11 is -1.22. The van der Waals surface area contributed by atoms with Crippen molar-refractivity contribution in [3.05, 3.63) is 71.8 Å². The van der Waals surface area contributed by atoms with E-state index < -0.39 is 20.0 Å². The summed E-state index contributed by atoms with van der Waals surface area (Å²) in [6.07, 6.45) is 0. The average molecular weight is 323 g/mol. The topological polar surface area (TPSA) is 0 Å². The molecule has 0 N–H and O–H groups in total. The van der Waals surface area contributed by atoms with Crippen molar-refractivity contribution in [3.8, 4) is 0 Å². The van der Waals surface area contributed by atoms with Crippen LogP contribution in [0.4, 0.5) is 0 Å². The van der Waals surface area contributed by atoms with Gasteiger partial charge in [0.2, 0.25) is 0 Å². The summed E-state index contributed by atoms with van der Waals surface area (Å²) in [5.74, 6) is 0. The number of rotatable bonds is 3. The van der Waals surface area contributed by atoms with Gasteiger partial charge in [-0.05, 0) is 0 Å². The van der Waals surface area contributed by atoms with Gasteiger partial charge in [0.05, 0.1) is 0 Å². The summed E-state index contributed by atoms with van der Waals surface area (Å²) in [6.45, 7) is 0. The second-order valence-electron chi connectivity index (χ2n) is 3.53. The molecule has 0 aliphatic rings. The molecule has 0 aliphatic heterocycles. The van der Waals surface area contributed by atoms with E-state index in [1.807, 2.05) is 0 Å². The molecule has 2 rings (SSSR count). The van der Waals surface area contributed by atoms with Crippen molar-refractivity contribution in [3.63, 3.8) is 0 Å². The van der Waals surface area contributed by atoms with Crippen LogP contribution >= 0.6 is 8.92 Å². The fraction of sp³-hybridized carbons (Fsp3) is 0.0769. The molecule has 0 spiro atoms. The van der Waals surface area contributed by atoms with E-state index in [9.17, 15) is 0 Å². The predicted molar refractivity (Wildman–Crippen MR) is 69.1 cm³/mol. The van der Waals surface area contributed by atoms with E-state index >= 15 is 0 Å². The zero-order valence-electron chi connectivity index (χ0n) is 8.44. The second-order valence-corrected chi connectivity index (χ2v) is 8.81. The molecule has 2 aromatic rings. The fourth-order valence-electron chi connectivity index (χ4n) is 1.74. The van der Waals surface area contributed by atoms with E-state index in [2.05, 4.69) is 60.7 Å². The maximum absolute atomic E-state index is 6.25. The Balaban J connectivity index is 2.34. The van der Waals surface area contributed by atoms with Gasteiger partial charge in [-0.1, -0.05) is 0 Å². The van der Waals surface area contributed by atoms with Crippen LogP contribution in [0.2, 0.25) is 0 Å². The van der Waals surface area contributed by atoms with E-state index in [0.29, 0.717) is 3.93 Å². The molecule has 0 nitrogen and oxygen atoms in total. The number of halogens is 1. The van der Waals surface area contributed by atoms with Gasteiger partial charge in [-0.25, -0.2) is 0 Å². The first-order valence-corrected chi connectivity index (χ1v) is 12.5. The molecule has 0 saturated carbocycles. The van der Waals surface area contributed by atoms with E-state index in [-0.39, 0.29) is 0 Å². The first kappa shape index (κ1) is 11.0. The van der Waals surface area contributed by atoms with Crippen LogP contribution in [0.15, 0.2) is 60.7 Å². The summed E-state index contributed by atoms with van der Waals surface area (Å²) in [7, 11) is 6.25. The standard InChI is InChI=1S/C13H11.ClH.Sn.2H/c1-3-7-12(8-4-1)11-13-9-5-2-6-10-13;;;;/h1-11H;1H;;;/q;;+1;;/p-1. The van der Waals surface area contributed by atoms with Gasteiger partial charge in [-0.15, -0.1) is 0 Å². The molecule has 0 bridgehead atoms. The van der Waals surface area contributed by atoms with E-state index in [0.717, 1.165) is 0 Å². The van der Waals surface area contributed by atoms with Crippen LogP contribution in [0, 0.1) is 0 Å².